The number of hydrogen-bond donors (Lipinski definition) is 1. The number of benzene rings is 1. The van der Waals surface area contributed by atoms with Gasteiger partial charge in [0.25, 0.3) is 0 Å². The van der Waals surface area contributed by atoms with Crippen LogP contribution in [0.1, 0.15) is 76.1 Å². The summed E-state index contributed by atoms with van der Waals surface area (Å²) in [5, 5.41) is 9.33. The minimum absolute atomic E-state index is 0.214. The van der Waals surface area contributed by atoms with Gasteiger partial charge in [-0.05, 0) is 78.3 Å². The fourth-order valence-corrected chi connectivity index (χ4v) is 5.83. The van der Waals surface area contributed by atoms with Crippen LogP contribution in [0.3, 0.4) is 0 Å². The number of hydrogen-bond acceptors (Lipinski definition) is 4. The Balaban J connectivity index is 1.69. The summed E-state index contributed by atoms with van der Waals surface area (Å²) in [6.07, 6.45) is 6.67. The molecule has 174 valence electrons. The Morgan fingerprint density at radius 3 is 2.50 bits per heavy atom. The molecule has 32 heavy (non-hydrogen) atoms. The first kappa shape index (κ1) is 23.3. The maximum atomic E-state index is 9.33. The number of aliphatic hydroxyl groups excluding tert-OH is 1. The van der Waals surface area contributed by atoms with Crippen LogP contribution >= 0.6 is 0 Å². The van der Waals surface area contributed by atoms with E-state index < -0.39 is 0 Å². The summed E-state index contributed by atoms with van der Waals surface area (Å²) < 4.78 is 0. The van der Waals surface area contributed by atoms with Gasteiger partial charge in [-0.15, -0.1) is 0 Å². The fraction of sp³-hybridized carbons (Fsp3) is 0.607. The molecule has 1 aliphatic heterocycles. The second-order valence-corrected chi connectivity index (χ2v) is 11.3. The van der Waals surface area contributed by atoms with Gasteiger partial charge in [0, 0.05) is 25.8 Å². The van der Waals surface area contributed by atoms with E-state index in [1.807, 2.05) is 12.3 Å². The number of piperidine rings is 1. The van der Waals surface area contributed by atoms with Crippen molar-refractivity contribution in [3.8, 4) is 0 Å². The van der Waals surface area contributed by atoms with Crippen LogP contribution in [0, 0.1) is 5.92 Å². The minimum Gasteiger partial charge on any atom is -0.395 e. The third-order valence-corrected chi connectivity index (χ3v) is 7.97. The van der Waals surface area contributed by atoms with E-state index in [9.17, 15) is 5.11 Å². The Morgan fingerprint density at radius 2 is 1.81 bits per heavy atom. The van der Waals surface area contributed by atoms with E-state index in [4.69, 9.17) is 4.98 Å². The van der Waals surface area contributed by atoms with Crippen molar-refractivity contribution in [2.45, 2.75) is 70.3 Å². The lowest BCUT2D eigenvalue weighted by atomic mass is 9.62. The Labute approximate surface area is 194 Å². The molecule has 1 saturated heterocycles. The average molecular weight is 436 g/mol. The first-order chi connectivity index (χ1) is 15.2. The molecule has 1 N–H and O–H groups in total. The normalized spacial score (nSPS) is 24.4. The first-order valence-electron chi connectivity index (χ1n) is 12.3. The Kier molecular flexibility index (Phi) is 6.65. The molecular formula is C28H41N3O. The Morgan fingerprint density at radius 1 is 1.06 bits per heavy atom. The highest BCUT2D eigenvalue weighted by Crippen LogP contribution is 2.47. The zero-order valence-corrected chi connectivity index (χ0v) is 20.6. The number of aromatic nitrogens is 1. The van der Waals surface area contributed by atoms with Crippen LogP contribution in [0.15, 0.2) is 42.6 Å². The molecule has 2 heterocycles. The lowest BCUT2D eigenvalue weighted by Gasteiger charge is -2.44. The maximum absolute atomic E-state index is 9.33. The lowest BCUT2D eigenvalue weighted by Crippen LogP contribution is -2.41. The van der Waals surface area contributed by atoms with Crippen molar-refractivity contribution >= 4 is 5.82 Å². The molecule has 1 aliphatic carbocycles. The molecule has 4 heteroatoms. The number of rotatable bonds is 6. The molecule has 4 nitrogen and oxygen atoms in total. The highest BCUT2D eigenvalue weighted by atomic mass is 16.3. The summed E-state index contributed by atoms with van der Waals surface area (Å²) in [6, 6.07) is 13.9. The highest BCUT2D eigenvalue weighted by Gasteiger charge is 2.38. The predicted octanol–water partition coefficient (Wildman–Crippen LogP) is 5.31. The summed E-state index contributed by atoms with van der Waals surface area (Å²) >= 11 is 0. The number of fused-ring (bicyclic) bond motifs is 1. The molecular weight excluding hydrogens is 394 g/mol. The third-order valence-electron chi connectivity index (χ3n) is 7.97. The summed E-state index contributed by atoms with van der Waals surface area (Å²) in [7, 11) is 2.12. The van der Waals surface area contributed by atoms with Crippen molar-refractivity contribution in [2.24, 2.45) is 5.92 Å². The molecule has 0 bridgehead atoms. The standard InChI is InChI=1S/C28H41N3O/c1-27(2)12-13-28(3,4)24-19-22(9-10-23(24)27)25-18-21(20-30(5)16-17-32)11-15-31(25)26-8-6-7-14-29-26/h6-10,14,19,21,25,32H,11-13,15-18,20H2,1-5H3. The van der Waals surface area contributed by atoms with Crippen molar-refractivity contribution in [1.82, 2.24) is 9.88 Å². The zero-order valence-electron chi connectivity index (χ0n) is 20.6. The third kappa shape index (κ3) is 4.72. The van der Waals surface area contributed by atoms with Crippen LogP contribution in [0.4, 0.5) is 5.82 Å². The van der Waals surface area contributed by atoms with Crippen LogP contribution in [0.5, 0.6) is 0 Å². The van der Waals surface area contributed by atoms with Gasteiger partial charge in [0.2, 0.25) is 0 Å². The van der Waals surface area contributed by atoms with Gasteiger partial charge in [0.05, 0.1) is 12.6 Å². The van der Waals surface area contributed by atoms with Crippen LogP contribution in [-0.2, 0) is 10.8 Å². The van der Waals surface area contributed by atoms with Gasteiger partial charge in [-0.1, -0.05) is 52.0 Å². The molecule has 1 fully saturated rings. The van der Waals surface area contributed by atoms with E-state index in [1.165, 1.54) is 29.5 Å². The van der Waals surface area contributed by atoms with Crippen LogP contribution in [0.2, 0.25) is 0 Å². The number of nitrogens with zero attached hydrogens (tertiary/aromatic N) is 3. The number of likely N-dealkylation sites (N-methyl/N-ethyl adjacent to an activating group) is 1. The second kappa shape index (κ2) is 9.15. The van der Waals surface area contributed by atoms with Gasteiger partial charge >= 0.3 is 0 Å². The molecule has 2 atom stereocenters. The quantitative estimate of drug-likeness (QED) is 0.667. The second-order valence-electron chi connectivity index (χ2n) is 11.3. The van der Waals surface area contributed by atoms with E-state index in [-0.39, 0.29) is 17.4 Å². The van der Waals surface area contributed by atoms with E-state index in [2.05, 4.69) is 74.9 Å². The van der Waals surface area contributed by atoms with Crippen molar-refractivity contribution in [2.75, 3.05) is 38.2 Å². The van der Waals surface area contributed by atoms with Gasteiger partial charge in [-0.2, -0.15) is 0 Å². The summed E-state index contributed by atoms with van der Waals surface area (Å²) in [6.45, 7) is 12.6. The number of aliphatic hydroxyl groups is 1. The van der Waals surface area contributed by atoms with Gasteiger partial charge in [-0.25, -0.2) is 4.98 Å². The monoisotopic (exact) mass is 435 g/mol. The molecule has 1 aromatic carbocycles. The molecule has 2 aromatic rings. The zero-order chi connectivity index (χ0) is 22.9. The fourth-order valence-electron chi connectivity index (χ4n) is 5.83. The SMILES string of the molecule is CN(CCO)CC1CCN(c2ccccn2)C(c2ccc3c(c2)C(C)(C)CCC3(C)C)C1. The molecule has 2 aliphatic rings. The van der Waals surface area contributed by atoms with E-state index in [0.29, 0.717) is 12.0 Å². The average Bonchev–Trinajstić information content (AvgIpc) is 2.77. The van der Waals surface area contributed by atoms with Gasteiger partial charge in [0.15, 0.2) is 0 Å². The van der Waals surface area contributed by atoms with Gasteiger partial charge < -0.3 is 14.9 Å². The molecule has 0 amide bonds. The topological polar surface area (TPSA) is 39.6 Å². The summed E-state index contributed by atoms with van der Waals surface area (Å²) in [5.74, 6) is 1.70. The molecule has 1 aromatic heterocycles. The van der Waals surface area contributed by atoms with Gasteiger partial charge in [-0.3, -0.25) is 0 Å². The minimum atomic E-state index is 0.214. The summed E-state index contributed by atoms with van der Waals surface area (Å²) in [4.78, 5) is 9.51. The molecule has 2 unspecified atom stereocenters. The van der Waals surface area contributed by atoms with Crippen molar-refractivity contribution in [3.05, 3.63) is 59.3 Å². The Bertz CT molecular complexity index is 908. The van der Waals surface area contributed by atoms with E-state index >= 15 is 0 Å². The largest absolute Gasteiger partial charge is 0.395 e. The van der Waals surface area contributed by atoms with E-state index in [1.54, 1.807) is 0 Å². The van der Waals surface area contributed by atoms with Crippen LogP contribution in [-0.4, -0.2) is 48.3 Å². The van der Waals surface area contributed by atoms with Crippen LogP contribution < -0.4 is 4.90 Å². The molecule has 0 saturated carbocycles. The van der Waals surface area contributed by atoms with E-state index in [0.717, 1.165) is 38.3 Å². The predicted molar refractivity (Wildman–Crippen MR) is 133 cm³/mol. The van der Waals surface area contributed by atoms with Crippen molar-refractivity contribution < 1.29 is 5.11 Å². The first-order valence-corrected chi connectivity index (χ1v) is 12.3. The van der Waals surface area contributed by atoms with Crippen LogP contribution in [0.25, 0.3) is 0 Å². The Hall–Kier alpha value is -1.91. The van der Waals surface area contributed by atoms with Gasteiger partial charge in [0.1, 0.15) is 5.82 Å². The number of pyridine rings is 1. The highest BCUT2D eigenvalue weighted by molar-refractivity contribution is 5.48. The molecule has 0 radical (unpaired) electrons. The number of anilines is 1. The smallest absolute Gasteiger partial charge is 0.128 e. The molecule has 0 spiro atoms. The maximum Gasteiger partial charge on any atom is 0.128 e. The summed E-state index contributed by atoms with van der Waals surface area (Å²) in [5.41, 5.74) is 4.94. The molecule has 4 rings (SSSR count). The van der Waals surface area contributed by atoms with Crippen molar-refractivity contribution in [3.63, 3.8) is 0 Å². The lowest BCUT2D eigenvalue weighted by molar-refractivity contribution is 0.184. The van der Waals surface area contributed by atoms with Crippen molar-refractivity contribution in [1.29, 1.82) is 0 Å².